The Balaban J connectivity index is 1.72. The van der Waals surface area contributed by atoms with Gasteiger partial charge in [0.1, 0.15) is 11.5 Å². The minimum absolute atomic E-state index is 0.243. The first kappa shape index (κ1) is 18.7. The SMILES string of the molecule is COc1cccc(C2(CC(N)=O)CC3CCC(C2)N3c2ccccc2OC)c1. The van der Waals surface area contributed by atoms with E-state index in [4.69, 9.17) is 15.2 Å². The van der Waals surface area contributed by atoms with Crippen LogP contribution in [-0.4, -0.2) is 32.2 Å². The molecule has 0 aliphatic carbocycles. The number of fused-ring (bicyclic) bond motifs is 2. The number of hydrogen-bond donors (Lipinski definition) is 1. The molecule has 0 radical (unpaired) electrons. The number of hydrogen-bond acceptors (Lipinski definition) is 4. The highest BCUT2D eigenvalue weighted by atomic mass is 16.5. The molecule has 2 aromatic carbocycles. The van der Waals surface area contributed by atoms with Gasteiger partial charge in [0.25, 0.3) is 0 Å². The zero-order chi connectivity index (χ0) is 19.7. The largest absolute Gasteiger partial charge is 0.497 e. The van der Waals surface area contributed by atoms with Gasteiger partial charge in [0.05, 0.1) is 19.9 Å². The molecule has 2 bridgehead atoms. The molecule has 2 saturated heterocycles. The third-order valence-electron chi connectivity index (χ3n) is 6.43. The highest BCUT2D eigenvalue weighted by molar-refractivity contribution is 5.76. The van der Waals surface area contributed by atoms with Gasteiger partial charge in [-0.15, -0.1) is 0 Å². The molecule has 4 rings (SSSR count). The lowest BCUT2D eigenvalue weighted by molar-refractivity contribution is -0.119. The number of carbonyl (C=O) groups is 1. The van der Waals surface area contributed by atoms with Crippen molar-refractivity contribution in [3.63, 3.8) is 0 Å². The molecule has 0 aromatic heterocycles. The smallest absolute Gasteiger partial charge is 0.218 e. The first-order valence-electron chi connectivity index (χ1n) is 9.90. The summed E-state index contributed by atoms with van der Waals surface area (Å²) < 4.78 is 11.1. The van der Waals surface area contributed by atoms with Crippen LogP contribution < -0.4 is 20.1 Å². The maximum absolute atomic E-state index is 12.0. The molecule has 2 unspecified atom stereocenters. The molecule has 2 aromatic rings. The quantitative estimate of drug-likeness (QED) is 0.831. The second-order valence-corrected chi connectivity index (χ2v) is 8.03. The predicted molar refractivity (Wildman–Crippen MR) is 110 cm³/mol. The van der Waals surface area contributed by atoms with Crippen molar-refractivity contribution in [1.82, 2.24) is 0 Å². The number of rotatable bonds is 6. The number of methoxy groups -OCH3 is 2. The molecule has 2 aliphatic heterocycles. The molecule has 2 fully saturated rings. The molecular formula is C23H28N2O3. The lowest BCUT2D eigenvalue weighted by Crippen LogP contribution is -2.51. The number of anilines is 1. The van der Waals surface area contributed by atoms with Gasteiger partial charge >= 0.3 is 0 Å². The minimum atomic E-state index is -0.245. The fourth-order valence-electron chi connectivity index (χ4n) is 5.35. The highest BCUT2D eigenvalue weighted by Gasteiger charge is 2.50. The number of primary amides is 1. The van der Waals surface area contributed by atoms with Crippen molar-refractivity contribution >= 4 is 11.6 Å². The van der Waals surface area contributed by atoms with Crippen LogP contribution in [0.4, 0.5) is 5.69 Å². The summed E-state index contributed by atoms with van der Waals surface area (Å²) in [5.41, 5.74) is 7.77. The number of amides is 1. The average Bonchev–Trinajstić information content (AvgIpc) is 2.98. The standard InChI is InChI=1S/C23H28N2O3/c1-27-19-7-5-6-16(12-19)23(15-22(24)26)13-17-10-11-18(14-23)25(17)20-8-3-4-9-21(20)28-2/h3-9,12,17-18H,10-11,13-15H2,1-2H3,(H2,24,26). The van der Waals surface area contributed by atoms with Gasteiger partial charge in [-0.2, -0.15) is 0 Å². The van der Waals surface area contributed by atoms with Gasteiger partial charge in [-0.05, 0) is 55.5 Å². The van der Waals surface area contributed by atoms with Crippen molar-refractivity contribution < 1.29 is 14.3 Å². The van der Waals surface area contributed by atoms with E-state index in [-0.39, 0.29) is 11.3 Å². The van der Waals surface area contributed by atoms with E-state index in [0.29, 0.717) is 18.5 Å². The van der Waals surface area contributed by atoms with E-state index in [0.717, 1.165) is 48.4 Å². The van der Waals surface area contributed by atoms with Crippen LogP contribution in [0.3, 0.4) is 0 Å². The van der Waals surface area contributed by atoms with Crippen LogP contribution in [-0.2, 0) is 10.2 Å². The van der Waals surface area contributed by atoms with Crippen LogP contribution in [0.15, 0.2) is 48.5 Å². The first-order chi connectivity index (χ1) is 13.6. The van der Waals surface area contributed by atoms with E-state index in [1.165, 1.54) is 0 Å². The number of piperidine rings is 1. The van der Waals surface area contributed by atoms with Gasteiger partial charge in [-0.3, -0.25) is 4.79 Å². The second-order valence-electron chi connectivity index (χ2n) is 8.03. The van der Waals surface area contributed by atoms with E-state index in [2.05, 4.69) is 29.2 Å². The van der Waals surface area contributed by atoms with Crippen LogP contribution in [0.25, 0.3) is 0 Å². The lowest BCUT2D eigenvalue weighted by Gasteiger charge is -2.48. The van der Waals surface area contributed by atoms with Gasteiger partial charge < -0.3 is 20.1 Å². The Bertz CT molecular complexity index is 852. The maximum Gasteiger partial charge on any atom is 0.218 e. The number of carbonyl (C=O) groups excluding carboxylic acids is 1. The molecule has 2 atom stereocenters. The molecule has 2 N–H and O–H groups in total. The fourth-order valence-corrected chi connectivity index (χ4v) is 5.35. The average molecular weight is 380 g/mol. The third kappa shape index (κ3) is 3.19. The summed E-state index contributed by atoms with van der Waals surface area (Å²) in [4.78, 5) is 14.6. The maximum atomic E-state index is 12.0. The lowest BCUT2D eigenvalue weighted by atomic mass is 9.67. The van der Waals surface area contributed by atoms with Crippen LogP contribution >= 0.6 is 0 Å². The number of benzene rings is 2. The minimum Gasteiger partial charge on any atom is -0.497 e. The van der Waals surface area contributed by atoms with Crippen LogP contribution in [0.2, 0.25) is 0 Å². The Morgan fingerprint density at radius 3 is 2.43 bits per heavy atom. The van der Waals surface area contributed by atoms with Gasteiger partial charge in [0, 0.05) is 23.9 Å². The Labute approximate surface area is 166 Å². The summed E-state index contributed by atoms with van der Waals surface area (Å²) in [6, 6.07) is 17.1. The number of nitrogens with two attached hydrogens (primary N) is 1. The Hall–Kier alpha value is -2.69. The third-order valence-corrected chi connectivity index (χ3v) is 6.43. The van der Waals surface area contributed by atoms with E-state index in [9.17, 15) is 4.79 Å². The summed E-state index contributed by atoms with van der Waals surface area (Å²) in [6.07, 6.45) is 4.41. The van der Waals surface area contributed by atoms with Gasteiger partial charge in [-0.25, -0.2) is 0 Å². The molecule has 2 aliphatic rings. The molecule has 0 spiro atoms. The topological polar surface area (TPSA) is 64.8 Å². The Morgan fingerprint density at radius 1 is 1.07 bits per heavy atom. The van der Waals surface area contributed by atoms with Gasteiger partial charge in [0.15, 0.2) is 0 Å². The molecule has 0 saturated carbocycles. The first-order valence-corrected chi connectivity index (χ1v) is 9.90. The summed E-state index contributed by atoms with van der Waals surface area (Å²) in [6.45, 7) is 0. The van der Waals surface area contributed by atoms with Crippen LogP contribution in [0.5, 0.6) is 11.5 Å². The Morgan fingerprint density at radius 2 is 1.79 bits per heavy atom. The zero-order valence-corrected chi connectivity index (χ0v) is 16.6. The van der Waals surface area contributed by atoms with Gasteiger partial charge in [-0.1, -0.05) is 24.3 Å². The predicted octanol–water partition coefficient (Wildman–Crippen LogP) is 3.65. The molecule has 5 nitrogen and oxygen atoms in total. The van der Waals surface area contributed by atoms with Gasteiger partial charge in [0.2, 0.25) is 5.91 Å². The van der Waals surface area contributed by atoms with Crippen LogP contribution in [0, 0.1) is 0 Å². The van der Waals surface area contributed by atoms with E-state index >= 15 is 0 Å². The molecule has 2 heterocycles. The van der Waals surface area contributed by atoms with Crippen molar-refractivity contribution in [2.45, 2.75) is 49.6 Å². The molecule has 1 amide bonds. The number of para-hydroxylation sites is 2. The molecule has 28 heavy (non-hydrogen) atoms. The number of ether oxygens (including phenoxy) is 2. The van der Waals surface area contributed by atoms with Crippen molar-refractivity contribution in [3.8, 4) is 11.5 Å². The fraction of sp³-hybridized carbons (Fsp3) is 0.435. The summed E-state index contributed by atoms with van der Waals surface area (Å²) in [5, 5.41) is 0. The van der Waals surface area contributed by atoms with Crippen molar-refractivity contribution in [2.75, 3.05) is 19.1 Å². The van der Waals surface area contributed by atoms with Crippen molar-refractivity contribution in [3.05, 3.63) is 54.1 Å². The monoisotopic (exact) mass is 380 g/mol. The summed E-state index contributed by atoms with van der Waals surface area (Å²) in [7, 11) is 3.40. The van der Waals surface area contributed by atoms with Crippen molar-refractivity contribution in [2.24, 2.45) is 5.73 Å². The Kier molecular flexibility index (Phi) is 4.92. The molecular weight excluding hydrogens is 352 g/mol. The summed E-state index contributed by atoms with van der Waals surface area (Å²) in [5.74, 6) is 1.48. The molecule has 5 heteroatoms. The zero-order valence-electron chi connectivity index (χ0n) is 16.6. The normalized spacial score (nSPS) is 26.1. The van der Waals surface area contributed by atoms with Crippen LogP contribution in [0.1, 0.15) is 37.7 Å². The summed E-state index contributed by atoms with van der Waals surface area (Å²) >= 11 is 0. The van der Waals surface area contributed by atoms with E-state index in [1.807, 2.05) is 24.3 Å². The van der Waals surface area contributed by atoms with E-state index < -0.39 is 0 Å². The highest BCUT2D eigenvalue weighted by Crippen LogP contribution is 2.52. The second kappa shape index (κ2) is 7.38. The molecule has 148 valence electrons. The number of nitrogens with zero attached hydrogens (tertiary/aromatic N) is 1. The van der Waals surface area contributed by atoms with Crippen molar-refractivity contribution in [1.29, 1.82) is 0 Å². The van der Waals surface area contributed by atoms with E-state index in [1.54, 1.807) is 14.2 Å².